The zero-order valence-electron chi connectivity index (χ0n) is 11.3. The Balaban J connectivity index is 2.28. The average Bonchev–Trinajstić information content (AvgIpc) is 2.56. The van der Waals surface area contributed by atoms with Gasteiger partial charge in [0, 0.05) is 28.2 Å². The highest BCUT2D eigenvalue weighted by atomic mass is 31.2. The predicted molar refractivity (Wildman–Crippen MR) is 86.5 cm³/mol. The first-order valence-corrected chi connectivity index (χ1v) is 8.32. The number of nitrogens with one attached hydrogen (secondary N) is 1. The smallest absolute Gasteiger partial charge is 0.247 e. The van der Waals surface area contributed by atoms with Gasteiger partial charge in [-0.1, -0.05) is 60.7 Å². The van der Waals surface area contributed by atoms with Crippen molar-refractivity contribution in [3.8, 4) is 0 Å². The number of pyridine rings is 1. The second-order valence-corrected chi connectivity index (χ2v) is 7.46. The molecule has 1 aromatic heterocycles. The molecule has 2 aromatic carbocycles. The Labute approximate surface area is 122 Å². The Hall–Kier alpha value is -2.38. The minimum atomic E-state index is -2.97. The SMILES string of the molecule is O=c1ccc(P(=O)(c2ccccc2)c2ccccc2)c[nH]1. The van der Waals surface area contributed by atoms with Gasteiger partial charge < -0.3 is 9.55 Å². The molecule has 3 aromatic rings. The van der Waals surface area contributed by atoms with Crippen molar-refractivity contribution in [1.29, 1.82) is 0 Å². The van der Waals surface area contributed by atoms with Crippen LogP contribution < -0.4 is 21.5 Å². The fourth-order valence-electron chi connectivity index (χ4n) is 2.32. The molecule has 0 saturated heterocycles. The summed E-state index contributed by atoms with van der Waals surface area (Å²) in [5.41, 5.74) is -0.202. The molecule has 0 spiro atoms. The monoisotopic (exact) mass is 295 g/mol. The Morgan fingerprint density at radius 2 is 1.19 bits per heavy atom. The summed E-state index contributed by atoms with van der Waals surface area (Å²) >= 11 is 0. The highest BCUT2D eigenvalue weighted by Gasteiger charge is 2.29. The van der Waals surface area contributed by atoms with Gasteiger partial charge in [0.15, 0.2) is 7.14 Å². The predicted octanol–water partition coefficient (Wildman–Crippen LogP) is 2.01. The molecule has 1 N–H and O–H groups in total. The molecule has 0 bridgehead atoms. The van der Waals surface area contributed by atoms with E-state index in [-0.39, 0.29) is 5.56 Å². The van der Waals surface area contributed by atoms with Crippen LogP contribution in [0.3, 0.4) is 0 Å². The summed E-state index contributed by atoms with van der Waals surface area (Å²) in [6.45, 7) is 0. The van der Waals surface area contributed by atoms with E-state index >= 15 is 0 Å². The minimum Gasteiger partial charge on any atom is -0.328 e. The van der Waals surface area contributed by atoms with Crippen molar-refractivity contribution in [2.75, 3.05) is 0 Å². The number of hydrogen-bond acceptors (Lipinski definition) is 2. The molecule has 0 fully saturated rings. The van der Waals surface area contributed by atoms with Gasteiger partial charge in [-0.15, -0.1) is 0 Å². The maximum atomic E-state index is 13.8. The van der Waals surface area contributed by atoms with E-state index in [1.54, 1.807) is 12.3 Å². The Morgan fingerprint density at radius 1 is 0.667 bits per heavy atom. The maximum absolute atomic E-state index is 13.8. The lowest BCUT2D eigenvalue weighted by atomic mass is 10.4. The van der Waals surface area contributed by atoms with Crippen LogP contribution in [0.15, 0.2) is 83.8 Å². The van der Waals surface area contributed by atoms with Gasteiger partial charge in [-0.2, -0.15) is 0 Å². The normalized spacial score (nSPS) is 11.2. The molecule has 3 nitrogen and oxygen atoms in total. The molecule has 0 saturated carbocycles. The van der Waals surface area contributed by atoms with E-state index in [4.69, 9.17) is 0 Å². The van der Waals surface area contributed by atoms with Gasteiger partial charge in [-0.25, -0.2) is 0 Å². The number of rotatable bonds is 3. The van der Waals surface area contributed by atoms with Crippen LogP contribution in [0, 0.1) is 0 Å². The van der Waals surface area contributed by atoms with Gasteiger partial charge in [-0.3, -0.25) is 4.79 Å². The fourth-order valence-corrected chi connectivity index (χ4v) is 4.93. The first-order valence-electron chi connectivity index (χ1n) is 6.62. The Morgan fingerprint density at radius 3 is 1.62 bits per heavy atom. The second-order valence-electron chi connectivity index (χ2n) is 4.69. The summed E-state index contributed by atoms with van der Waals surface area (Å²) in [7, 11) is -2.97. The van der Waals surface area contributed by atoms with Gasteiger partial charge >= 0.3 is 0 Å². The summed E-state index contributed by atoms with van der Waals surface area (Å²) in [4.78, 5) is 13.9. The second kappa shape index (κ2) is 5.55. The van der Waals surface area contributed by atoms with Crippen molar-refractivity contribution in [3.63, 3.8) is 0 Å². The third-order valence-electron chi connectivity index (χ3n) is 3.37. The molecule has 0 radical (unpaired) electrons. The van der Waals surface area contributed by atoms with Crippen LogP contribution in [-0.2, 0) is 4.57 Å². The summed E-state index contributed by atoms with van der Waals surface area (Å²) in [5.74, 6) is 0. The zero-order valence-corrected chi connectivity index (χ0v) is 12.2. The first kappa shape index (κ1) is 13.6. The number of aromatic amines is 1. The molecule has 0 aliphatic carbocycles. The van der Waals surface area contributed by atoms with Gasteiger partial charge in [0.2, 0.25) is 5.56 Å². The molecular formula is C17H14NO2P. The standard InChI is InChI=1S/C17H14NO2P/c19-17-12-11-16(13-18-17)21(20,14-7-3-1-4-8-14)15-9-5-2-6-10-15/h1-13H,(H,18,19). The van der Waals surface area contributed by atoms with Gasteiger partial charge in [0.1, 0.15) is 0 Å². The molecule has 0 atom stereocenters. The Kier molecular flexibility index (Phi) is 3.59. The van der Waals surface area contributed by atoms with E-state index < -0.39 is 7.14 Å². The lowest BCUT2D eigenvalue weighted by Gasteiger charge is -2.19. The van der Waals surface area contributed by atoms with Crippen LogP contribution in [0.2, 0.25) is 0 Å². The molecule has 4 heteroatoms. The molecule has 0 aliphatic rings. The van der Waals surface area contributed by atoms with Gasteiger partial charge in [0.25, 0.3) is 0 Å². The quantitative estimate of drug-likeness (QED) is 0.752. The summed E-state index contributed by atoms with van der Waals surface area (Å²) in [6.07, 6.45) is 1.54. The van der Waals surface area contributed by atoms with Crippen LogP contribution in [0.1, 0.15) is 0 Å². The maximum Gasteiger partial charge on any atom is 0.247 e. The number of aromatic nitrogens is 1. The Bertz CT molecular complexity index is 777. The fraction of sp³-hybridized carbons (Fsp3) is 0. The van der Waals surface area contributed by atoms with Crippen LogP contribution in [0.5, 0.6) is 0 Å². The van der Waals surface area contributed by atoms with Crippen LogP contribution in [-0.4, -0.2) is 4.98 Å². The van der Waals surface area contributed by atoms with Crippen molar-refractivity contribution in [2.24, 2.45) is 0 Å². The van der Waals surface area contributed by atoms with Crippen molar-refractivity contribution < 1.29 is 4.57 Å². The number of hydrogen-bond donors (Lipinski definition) is 1. The van der Waals surface area contributed by atoms with Gasteiger partial charge in [-0.05, 0) is 6.07 Å². The average molecular weight is 295 g/mol. The molecule has 0 aliphatic heterocycles. The summed E-state index contributed by atoms with van der Waals surface area (Å²) in [6, 6.07) is 21.8. The molecular weight excluding hydrogens is 281 g/mol. The number of benzene rings is 2. The summed E-state index contributed by atoms with van der Waals surface area (Å²) in [5, 5.41) is 2.13. The molecule has 0 unspecified atom stereocenters. The highest BCUT2D eigenvalue weighted by molar-refractivity contribution is 7.85. The lowest BCUT2D eigenvalue weighted by Crippen LogP contribution is -2.26. The topological polar surface area (TPSA) is 49.9 Å². The first-order chi connectivity index (χ1) is 10.2. The molecule has 104 valence electrons. The third-order valence-corrected chi connectivity index (χ3v) is 6.43. The minimum absolute atomic E-state index is 0.202. The molecule has 1 heterocycles. The van der Waals surface area contributed by atoms with Crippen molar-refractivity contribution in [3.05, 3.63) is 89.3 Å². The van der Waals surface area contributed by atoms with E-state index in [2.05, 4.69) is 4.98 Å². The van der Waals surface area contributed by atoms with Crippen LogP contribution >= 0.6 is 7.14 Å². The third kappa shape index (κ3) is 2.48. The van der Waals surface area contributed by atoms with Crippen LogP contribution in [0.4, 0.5) is 0 Å². The van der Waals surface area contributed by atoms with E-state index in [1.165, 1.54) is 6.07 Å². The van der Waals surface area contributed by atoms with Crippen molar-refractivity contribution >= 4 is 23.1 Å². The van der Waals surface area contributed by atoms with Crippen molar-refractivity contribution in [1.82, 2.24) is 4.98 Å². The zero-order chi connectivity index (χ0) is 14.7. The van der Waals surface area contributed by atoms with Gasteiger partial charge in [0.05, 0.1) is 0 Å². The largest absolute Gasteiger partial charge is 0.328 e. The van der Waals surface area contributed by atoms with E-state index in [9.17, 15) is 9.36 Å². The molecule has 21 heavy (non-hydrogen) atoms. The van der Waals surface area contributed by atoms with E-state index in [0.717, 1.165) is 10.6 Å². The highest BCUT2D eigenvalue weighted by Crippen LogP contribution is 2.41. The molecule has 3 rings (SSSR count). The molecule has 0 amide bonds. The summed E-state index contributed by atoms with van der Waals surface area (Å²) < 4.78 is 13.8. The van der Waals surface area contributed by atoms with E-state index in [0.29, 0.717) is 5.30 Å². The van der Waals surface area contributed by atoms with Crippen LogP contribution in [0.25, 0.3) is 0 Å². The lowest BCUT2D eigenvalue weighted by molar-refractivity contribution is 0.592. The van der Waals surface area contributed by atoms with E-state index in [1.807, 2.05) is 60.7 Å². The number of H-pyrrole nitrogens is 1. The van der Waals surface area contributed by atoms with Crippen molar-refractivity contribution in [2.45, 2.75) is 0 Å².